The van der Waals surface area contributed by atoms with E-state index in [4.69, 9.17) is 0 Å². The van der Waals surface area contributed by atoms with Crippen LogP contribution in [0.2, 0.25) is 0 Å². The van der Waals surface area contributed by atoms with Crippen LogP contribution in [0.4, 0.5) is 34.1 Å². The summed E-state index contributed by atoms with van der Waals surface area (Å²) in [7, 11) is 0. The van der Waals surface area contributed by atoms with Gasteiger partial charge in [0, 0.05) is 33.5 Å². The van der Waals surface area contributed by atoms with Gasteiger partial charge in [0.1, 0.15) is 0 Å². The molecule has 0 aliphatic rings. The smallest absolute Gasteiger partial charge is 0.0546 e. The van der Waals surface area contributed by atoms with Gasteiger partial charge in [-0.15, -0.1) is 0 Å². The molecule has 0 heterocycles. The lowest BCUT2D eigenvalue weighted by molar-refractivity contribution is 1.30. The maximum absolute atomic E-state index is 2.37. The summed E-state index contributed by atoms with van der Waals surface area (Å²) in [6.07, 6.45) is 4.39. The van der Waals surface area contributed by atoms with Gasteiger partial charge in [-0.05, 0) is 104 Å². The highest BCUT2D eigenvalue weighted by Crippen LogP contribution is 2.43. The number of hydrogen-bond donors (Lipinski definition) is 0. The van der Waals surface area contributed by atoms with Crippen molar-refractivity contribution in [2.24, 2.45) is 0 Å². The van der Waals surface area contributed by atoms with Crippen LogP contribution in [0, 0.1) is 0 Å². The van der Waals surface area contributed by atoms with Crippen molar-refractivity contribution in [3.63, 3.8) is 0 Å². The Hall–Kier alpha value is -7.42. The van der Waals surface area contributed by atoms with E-state index in [0.717, 1.165) is 45.3 Å². The van der Waals surface area contributed by atoms with E-state index in [0.29, 0.717) is 0 Å². The molecule has 0 N–H and O–H groups in total. The van der Waals surface area contributed by atoms with Gasteiger partial charge in [-0.2, -0.15) is 0 Å². The van der Waals surface area contributed by atoms with E-state index in [9.17, 15) is 0 Å². The maximum Gasteiger partial charge on any atom is 0.0546 e. The summed E-state index contributed by atoms with van der Waals surface area (Å²) < 4.78 is 0. The fourth-order valence-electron chi connectivity index (χ4n) is 8.11. The standard InChI is InChI=1S/C54H38N2/c1-3-17-43(18-4-1)55(53-37-41-15-7-9-21-47(41)49-23-11-13-25-51(49)53)45-33-29-39(30-34-45)27-28-40-31-35-46(36-32-40)56(44-19-5-2-6-20-44)54-38-42-16-8-10-22-48(42)50-24-12-14-26-52(50)54/h1-38H. The molecule has 10 aromatic rings. The first-order valence-corrected chi connectivity index (χ1v) is 19.2. The molecule has 0 atom stereocenters. The summed E-state index contributed by atoms with van der Waals surface area (Å²) in [6.45, 7) is 0. The lowest BCUT2D eigenvalue weighted by Crippen LogP contribution is -2.10. The van der Waals surface area contributed by atoms with Gasteiger partial charge in [-0.25, -0.2) is 0 Å². The Balaban J connectivity index is 0.981. The van der Waals surface area contributed by atoms with Gasteiger partial charge >= 0.3 is 0 Å². The number of para-hydroxylation sites is 2. The van der Waals surface area contributed by atoms with Crippen molar-refractivity contribution in [2.75, 3.05) is 9.80 Å². The van der Waals surface area contributed by atoms with E-state index < -0.39 is 0 Å². The molecule has 0 aliphatic heterocycles. The molecule has 2 heteroatoms. The normalized spacial score (nSPS) is 11.5. The molecule has 0 aliphatic carbocycles. The van der Waals surface area contributed by atoms with E-state index in [1.54, 1.807) is 0 Å². The van der Waals surface area contributed by atoms with Crippen LogP contribution in [0.3, 0.4) is 0 Å². The minimum Gasteiger partial charge on any atom is -0.310 e. The summed E-state index contributed by atoms with van der Waals surface area (Å²) in [5.74, 6) is 0. The lowest BCUT2D eigenvalue weighted by Gasteiger charge is -2.27. The lowest BCUT2D eigenvalue weighted by atomic mass is 9.99. The Bertz CT molecular complexity index is 2800. The number of rotatable bonds is 8. The Morgan fingerprint density at radius 2 is 0.554 bits per heavy atom. The minimum atomic E-state index is 1.11. The highest BCUT2D eigenvalue weighted by Gasteiger charge is 2.18. The maximum atomic E-state index is 2.37. The molecule has 0 radical (unpaired) electrons. The van der Waals surface area contributed by atoms with Crippen LogP contribution in [-0.2, 0) is 0 Å². The van der Waals surface area contributed by atoms with Crippen molar-refractivity contribution in [2.45, 2.75) is 0 Å². The number of nitrogens with zero attached hydrogens (tertiary/aromatic N) is 2. The summed E-state index contributed by atoms with van der Waals surface area (Å²) in [5.41, 5.74) is 9.08. The molecule has 56 heavy (non-hydrogen) atoms. The zero-order valence-corrected chi connectivity index (χ0v) is 30.8. The first-order valence-electron chi connectivity index (χ1n) is 19.2. The molecule has 0 amide bonds. The molecule has 0 spiro atoms. The molecule has 0 saturated heterocycles. The second kappa shape index (κ2) is 14.4. The SMILES string of the molecule is C(=Cc1ccc(N(c2ccccc2)c2cc3ccccc3c3ccccc23)cc1)c1ccc(N(c2ccccc2)c2cc3ccccc3c3ccccc23)cc1. The summed E-state index contributed by atoms with van der Waals surface area (Å²) >= 11 is 0. The molecule has 10 rings (SSSR count). The van der Waals surface area contributed by atoms with E-state index in [2.05, 4.69) is 240 Å². The average molecular weight is 715 g/mol. The van der Waals surface area contributed by atoms with Crippen molar-refractivity contribution in [1.82, 2.24) is 0 Å². The number of benzene rings is 10. The molecule has 0 unspecified atom stereocenters. The fourth-order valence-corrected chi connectivity index (χ4v) is 8.11. The van der Waals surface area contributed by atoms with Crippen molar-refractivity contribution in [3.8, 4) is 0 Å². The molecule has 264 valence electrons. The van der Waals surface area contributed by atoms with E-state index in [1.165, 1.54) is 43.1 Å². The molecular formula is C54H38N2. The molecule has 2 nitrogen and oxygen atoms in total. The Morgan fingerprint density at radius 1 is 0.250 bits per heavy atom. The van der Waals surface area contributed by atoms with Crippen LogP contribution in [0.1, 0.15) is 11.1 Å². The van der Waals surface area contributed by atoms with Gasteiger partial charge in [0.15, 0.2) is 0 Å². The second-order valence-corrected chi connectivity index (χ2v) is 14.2. The predicted molar refractivity (Wildman–Crippen MR) is 241 cm³/mol. The number of hydrogen-bond acceptors (Lipinski definition) is 2. The Kier molecular flexibility index (Phi) is 8.55. The third kappa shape index (κ3) is 6.14. The van der Waals surface area contributed by atoms with E-state index in [1.807, 2.05) is 0 Å². The summed E-state index contributed by atoms with van der Waals surface area (Å²) in [4.78, 5) is 4.75. The van der Waals surface area contributed by atoms with Crippen molar-refractivity contribution >= 4 is 89.4 Å². The molecular weight excluding hydrogens is 677 g/mol. The predicted octanol–water partition coefficient (Wildman–Crippen LogP) is 15.4. The Labute approximate surface area is 327 Å². The molecule has 0 bridgehead atoms. The average Bonchev–Trinajstić information content (AvgIpc) is 3.27. The number of anilines is 6. The Morgan fingerprint density at radius 3 is 0.946 bits per heavy atom. The first kappa shape index (κ1) is 33.2. The van der Waals surface area contributed by atoms with Crippen LogP contribution in [0.15, 0.2) is 218 Å². The summed E-state index contributed by atoms with van der Waals surface area (Å²) in [5, 5.41) is 9.94. The van der Waals surface area contributed by atoms with Crippen LogP contribution < -0.4 is 9.80 Å². The van der Waals surface area contributed by atoms with Gasteiger partial charge in [0.05, 0.1) is 11.4 Å². The highest BCUT2D eigenvalue weighted by atomic mass is 15.1. The summed E-state index contributed by atoms with van der Waals surface area (Å²) in [6, 6.07) is 78.5. The third-order valence-corrected chi connectivity index (χ3v) is 10.8. The largest absolute Gasteiger partial charge is 0.310 e. The van der Waals surface area contributed by atoms with Crippen LogP contribution in [0.25, 0.3) is 55.2 Å². The minimum absolute atomic E-state index is 1.11. The monoisotopic (exact) mass is 714 g/mol. The van der Waals surface area contributed by atoms with Gasteiger partial charge in [0.25, 0.3) is 0 Å². The molecule has 0 fully saturated rings. The quantitative estimate of drug-likeness (QED) is 0.114. The van der Waals surface area contributed by atoms with Crippen molar-refractivity contribution < 1.29 is 0 Å². The van der Waals surface area contributed by atoms with E-state index in [-0.39, 0.29) is 0 Å². The van der Waals surface area contributed by atoms with Gasteiger partial charge < -0.3 is 9.80 Å². The van der Waals surface area contributed by atoms with Crippen molar-refractivity contribution in [1.29, 1.82) is 0 Å². The molecule has 10 aromatic carbocycles. The van der Waals surface area contributed by atoms with E-state index >= 15 is 0 Å². The topological polar surface area (TPSA) is 6.48 Å². The van der Waals surface area contributed by atoms with Crippen LogP contribution >= 0.6 is 0 Å². The second-order valence-electron chi connectivity index (χ2n) is 14.2. The van der Waals surface area contributed by atoms with Gasteiger partial charge in [0.2, 0.25) is 0 Å². The number of fused-ring (bicyclic) bond motifs is 6. The third-order valence-electron chi connectivity index (χ3n) is 10.8. The highest BCUT2D eigenvalue weighted by molar-refractivity contribution is 6.15. The van der Waals surface area contributed by atoms with Gasteiger partial charge in [-0.3, -0.25) is 0 Å². The molecule has 0 saturated carbocycles. The first-order chi connectivity index (χ1) is 27.8. The van der Waals surface area contributed by atoms with Gasteiger partial charge in [-0.1, -0.05) is 170 Å². The zero-order valence-electron chi connectivity index (χ0n) is 30.8. The fraction of sp³-hybridized carbons (Fsp3) is 0. The van der Waals surface area contributed by atoms with Crippen molar-refractivity contribution in [3.05, 3.63) is 230 Å². The van der Waals surface area contributed by atoms with Crippen LogP contribution in [-0.4, -0.2) is 0 Å². The van der Waals surface area contributed by atoms with Crippen LogP contribution in [0.5, 0.6) is 0 Å². The molecule has 0 aromatic heterocycles. The zero-order chi connectivity index (χ0) is 37.3.